The van der Waals surface area contributed by atoms with Gasteiger partial charge >= 0.3 is 5.97 Å². The number of carbonyl (C=O) groups is 2. The standard InChI is InChI=1S/C14H21NO3S/c1-6-10(8(2)3)13(16)15-11-9(4)7-19-12(11)14(17)18-5/h7-8,10H,6H2,1-5H3,(H,15,16). The van der Waals surface area contributed by atoms with Crippen molar-refractivity contribution in [2.45, 2.75) is 34.1 Å². The van der Waals surface area contributed by atoms with Crippen molar-refractivity contribution >= 4 is 28.9 Å². The number of anilines is 1. The molecule has 0 fully saturated rings. The largest absolute Gasteiger partial charge is 0.465 e. The van der Waals surface area contributed by atoms with Gasteiger partial charge in [0.2, 0.25) is 5.91 Å². The number of nitrogens with one attached hydrogen (secondary N) is 1. The van der Waals surface area contributed by atoms with Crippen molar-refractivity contribution in [2.75, 3.05) is 12.4 Å². The smallest absolute Gasteiger partial charge is 0.350 e. The van der Waals surface area contributed by atoms with Crippen LogP contribution in [-0.4, -0.2) is 19.0 Å². The first kappa shape index (κ1) is 15.7. The molecule has 0 bridgehead atoms. The molecule has 106 valence electrons. The van der Waals surface area contributed by atoms with E-state index in [1.807, 2.05) is 33.1 Å². The summed E-state index contributed by atoms with van der Waals surface area (Å²) in [6, 6.07) is 0. The topological polar surface area (TPSA) is 55.4 Å². The summed E-state index contributed by atoms with van der Waals surface area (Å²) in [7, 11) is 1.34. The van der Waals surface area contributed by atoms with E-state index in [4.69, 9.17) is 4.74 Å². The van der Waals surface area contributed by atoms with Crippen molar-refractivity contribution in [3.63, 3.8) is 0 Å². The van der Waals surface area contributed by atoms with Crippen molar-refractivity contribution < 1.29 is 14.3 Å². The molecular weight excluding hydrogens is 262 g/mol. The number of methoxy groups -OCH3 is 1. The van der Waals surface area contributed by atoms with Crippen LogP contribution in [0.3, 0.4) is 0 Å². The number of amides is 1. The summed E-state index contributed by atoms with van der Waals surface area (Å²) in [6.07, 6.45) is 0.778. The van der Waals surface area contributed by atoms with Gasteiger partial charge in [-0.1, -0.05) is 20.8 Å². The van der Waals surface area contributed by atoms with Crippen LogP contribution < -0.4 is 5.32 Å². The summed E-state index contributed by atoms with van der Waals surface area (Å²) < 4.78 is 4.73. The lowest BCUT2D eigenvalue weighted by Crippen LogP contribution is -2.27. The van der Waals surface area contributed by atoms with Gasteiger partial charge in [-0.25, -0.2) is 4.79 Å². The fraction of sp³-hybridized carbons (Fsp3) is 0.571. The van der Waals surface area contributed by atoms with Crippen LogP contribution in [0.5, 0.6) is 0 Å². The van der Waals surface area contributed by atoms with E-state index in [1.54, 1.807) is 0 Å². The molecule has 1 N–H and O–H groups in total. The number of ether oxygens (including phenoxy) is 1. The number of aryl methyl sites for hydroxylation is 1. The third-order valence-electron chi connectivity index (χ3n) is 3.18. The molecule has 19 heavy (non-hydrogen) atoms. The summed E-state index contributed by atoms with van der Waals surface area (Å²) in [5.74, 6) is -0.231. The van der Waals surface area contributed by atoms with Crippen LogP contribution >= 0.6 is 11.3 Å². The zero-order valence-electron chi connectivity index (χ0n) is 12.1. The first-order valence-corrected chi connectivity index (χ1v) is 7.27. The molecule has 0 aliphatic rings. The zero-order chi connectivity index (χ0) is 14.6. The second kappa shape index (κ2) is 6.70. The van der Waals surface area contributed by atoms with Crippen LogP contribution in [-0.2, 0) is 9.53 Å². The number of rotatable bonds is 5. The highest BCUT2D eigenvalue weighted by Crippen LogP contribution is 2.29. The van der Waals surface area contributed by atoms with Gasteiger partial charge in [-0.2, -0.15) is 0 Å². The molecule has 0 aliphatic carbocycles. The average Bonchev–Trinajstić information content (AvgIpc) is 2.70. The van der Waals surface area contributed by atoms with Crippen LogP contribution in [0.25, 0.3) is 0 Å². The van der Waals surface area contributed by atoms with Crippen LogP contribution in [0.15, 0.2) is 5.38 Å². The fourth-order valence-electron chi connectivity index (χ4n) is 2.02. The monoisotopic (exact) mass is 283 g/mol. The van der Waals surface area contributed by atoms with Gasteiger partial charge in [-0.05, 0) is 30.2 Å². The molecule has 0 aliphatic heterocycles. The molecule has 1 unspecified atom stereocenters. The molecule has 1 amide bonds. The molecule has 4 nitrogen and oxygen atoms in total. The van der Waals surface area contributed by atoms with E-state index in [1.165, 1.54) is 18.4 Å². The molecule has 0 spiro atoms. The Morgan fingerprint density at radius 3 is 2.53 bits per heavy atom. The number of carbonyl (C=O) groups excluding carboxylic acids is 2. The van der Waals surface area contributed by atoms with E-state index in [-0.39, 0.29) is 17.7 Å². The van der Waals surface area contributed by atoms with Crippen LogP contribution in [0, 0.1) is 18.8 Å². The van der Waals surface area contributed by atoms with Crippen molar-refractivity contribution in [2.24, 2.45) is 11.8 Å². The Morgan fingerprint density at radius 1 is 1.42 bits per heavy atom. The number of esters is 1. The van der Waals surface area contributed by atoms with E-state index in [2.05, 4.69) is 5.32 Å². The van der Waals surface area contributed by atoms with Crippen molar-refractivity contribution in [1.29, 1.82) is 0 Å². The fourth-order valence-corrected chi connectivity index (χ4v) is 2.94. The normalized spacial score (nSPS) is 12.3. The second-order valence-electron chi connectivity index (χ2n) is 4.86. The summed E-state index contributed by atoms with van der Waals surface area (Å²) in [5, 5.41) is 4.72. The minimum Gasteiger partial charge on any atom is -0.465 e. The molecule has 1 rings (SSSR count). The van der Waals surface area contributed by atoms with Crippen LogP contribution in [0.1, 0.15) is 42.4 Å². The average molecular weight is 283 g/mol. The lowest BCUT2D eigenvalue weighted by Gasteiger charge is -2.18. The predicted molar refractivity (Wildman–Crippen MR) is 77.6 cm³/mol. The van der Waals surface area contributed by atoms with Crippen molar-refractivity contribution in [1.82, 2.24) is 0 Å². The number of hydrogen-bond donors (Lipinski definition) is 1. The van der Waals surface area contributed by atoms with Crippen molar-refractivity contribution in [3.8, 4) is 0 Å². The van der Waals surface area contributed by atoms with Gasteiger partial charge in [-0.3, -0.25) is 4.79 Å². The van der Waals surface area contributed by atoms with Gasteiger partial charge < -0.3 is 10.1 Å². The Hall–Kier alpha value is -1.36. The van der Waals surface area contributed by atoms with Gasteiger partial charge in [0.15, 0.2) is 0 Å². The van der Waals surface area contributed by atoms with Crippen LogP contribution in [0.4, 0.5) is 5.69 Å². The predicted octanol–water partition coefficient (Wildman–Crippen LogP) is 3.46. The highest BCUT2D eigenvalue weighted by molar-refractivity contribution is 7.12. The number of hydrogen-bond acceptors (Lipinski definition) is 4. The van der Waals surface area contributed by atoms with Gasteiger partial charge in [-0.15, -0.1) is 11.3 Å². The first-order chi connectivity index (χ1) is 8.92. The maximum atomic E-state index is 12.2. The van der Waals surface area contributed by atoms with Gasteiger partial charge in [0.25, 0.3) is 0 Å². The first-order valence-electron chi connectivity index (χ1n) is 6.39. The van der Waals surface area contributed by atoms with E-state index in [0.717, 1.165) is 12.0 Å². The quantitative estimate of drug-likeness (QED) is 0.842. The third kappa shape index (κ3) is 3.56. The summed E-state index contributed by atoms with van der Waals surface area (Å²) in [4.78, 5) is 24.3. The lowest BCUT2D eigenvalue weighted by molar-refractivity contribution is -0.121. The molecule has 0 radical (unpaired) electrons. The van der Waals surface area contributed by atoms with E-state index in [0.29, 0.717) is 10.6 Å². The van der Waals surface area contributed by atoms with E-state index in [9.17, 15) is 9.59 Å². The lowest BCUT2D eigenvalue weighted by atomic mass is 9.92. The highest BCUT2D eigenvalue weighted by Gasteiger charge is 2.24. The Kier molecular flexibility index (Phi) is 5.54. The SMILES string of the molecule is CCC(C(=O)Nc1c(C)csc1C(=O)OC)C(C)C. The molecule has 0 saturated heterocycles. The Balaban J connectivity index is 2.96. The second-order valence-corrected chi connectivity index (χ2v) is 5.74. The summed E-state index contributed by atoms with van der Waals surface area (Å²) in [6.45, 7) is 7.91. The molecule has 1 atom stereocenters. The van der Waals surface area contributed by atoms with Gasteiger partial charge in [0.1, 0.15) is 4.88 Å². The molecular formula is C14H21NO3S. The molecule has 0 aromatic carbocycles. The number of thiophene rings is 1. The minimum atomic E-state index is -0.411. The third-order valence-corrected chi connectivity index (χ3v) is 4.25. The Bertz CT molecular complexity index is 465. The van der Waals surface area contributed by atoms with Crippen LogP contribution in [0.2, 0.25) is 0 Å². The summed E-state index contributed by atoms with van der Waals surface area (Å²) in [5.41, 5.74) is 1.47. The maximum absolute atomic E-state index is 12.2. The van der Waals surface area contributed by atoms with Gasteiger partial charge in [0.05, 0.1) is 12.8 Å². The minimum absolute atomic E-state index is 0.0378. The van der Waals surface area contributed by atoms with E-state index >= 15 is 0 Å². The molecule has 5 heteroatoms. The summed E-state index contributed by atoms with van der Waals surface area (Å²) >= 11 is 1.29. The molecule has 0 saturated carbocycles. The van der Waals surface area contributed by atoms with Gasteiger partial charge in [0, 0.05) is 5.92 Å². The molecule has 1 heterocycles. The molecule has 1 aromatic heterocycles. The van der Waals surface area contributed by atoms with E-state index < -0.39 is 5.97 Å². The van der Waals surface area contributed by atoms with Crippen molar-refractivity contribution in [3.05, 3.63) is 15.8 Å². The maximum Gasteiger partial charge on any atom is 0.350 e. The highest BCUT2D eigenvalue weighted by atomic mass is 32.1. The Morgan fingerprint density at radius 2 is 2.05 bits per heavy atom. The Labute approximate surface area is 118 Å². The zero-order valence-corrected chi connectivity index (χ0v) is 12.9. The molecule has 1 aromatic rings.